The van der Waals surface area contributed by atoms with Gasteiger partial charge in [-0.2, -0.15) is 0 Å². The van der Waals surface area contributed by atoms with Crippen LogP contribution in [0.1, 0.15) is 73.7 Å². The molecule has 4 bridgehead atoms. The maximum absolute atomic E-state index is 13.0. The molecule has 0 saturated heterocycles. The lowest BCUT2D eigenvalue weighted by molar-refractivity contribution is -0.0728. The molecule has 6 rings (SSSR count). The van der Waals surface area contributed by atoms with E-state index in [-0.39, 0.29) is 18.6 Å². The number of furan rings is 1. The normalized spacial score (nSPS) is 29.7. The first-order valence-electron chi connectivity index (χ1n) is 11.7. The van der Waals surface area contributed by atoms with Gasteiger partial charge >= 0.3 is 0 Å². The lowest BCUT2D eigenvalue weighted by Gasteiger charge is -2.59. The number of benzene rings is 1. The standard InChI is InChI=1S/C26H32ClNO3/c1-3-24(26-12-17-9-18(13-26)11-19(10-17)14-26)28-25(29)23-7-5-21(31-23)15-30-20-4-6-22(27)16(2)8-20/h4-8,17-19,24H,3,9-15H2,1-2H3,(H,28,29)/t17?,18?,19?,24-,26?/m0/s1. The van der Waals surface area contributed by atoms with Crippen molar-refractivity contribution in [1.82, 2.24) is 5.32 Å². The average molecular weight is 442 g/mol. The Morgan fingerprint density at radius 2 is 1.84 bits per heavy atom. The highest BCUT2D eigenvalue weighted by Gasteiger charge is 2.54. The third-order valence-electron chi connectivity index (χ3n) is 7.93. The predicted octanol–water partition coefficient (Wildman–Crippen LogP) is 6.55. The Labute approximate surface area is 189 Å². The second-order valence-electron chi connectivity index (χ2n) is 10.2. The van der Waals surface area contributed by atoms with E-state index in [1.807, 2.05) is 31.2 Å². The molecule has 0 unspecified atom stereocenters. The number of aryl methyl sites for hydroxylation is 1. The van der Waals surface area contributed by atoms with Crippen molar-refractivity contribution in [2.45, 2.75) is 71.4 Å². The van der Waals surface area contributed by atoms with Crippen molar-refractivity contribution in [3.05, 3.63) is 52.4 Å². The van der Waals surface area contributed by atoms with Crippen LogP contribution in [0.15, 0.2) is 34.7 Å². The molecule has 4 nitrogen and oxygen atoms in total. The van der Waals surface area contributed by atoms with Gasteiger partial charge in [0.05, 0.1) is 0 Å². The molecule has 0 aliphatic heterocycles. The fraction of sp³-hybridized carbons (Fsp3) is 0.577. The van der Waals surface area contributed by atoms with Crippen LogP contribution in [0.4, 0.5) is 0 Å². The summed E-state index contributed by atoms with van der Waals surface area (Å²) in [5.74, 6) is 4.27. The van der Waals surface area contributed by atoms with Crippen LogP contribution < -0.4 is 10.1 Å². The highest BCUT2D eigenvalue weighted by atomic mass is 35.5. The Balaban J connectivity index is 1.22. The average Bonchev–Trinajstić information content (AvgIpc) is 3.21. The van der Waals surface area contributed by atoms with Crippen LogP contribution >= 0.6 is 11.6 Å². The summed E-state index contributed by atoms with van der Waals surface area (Å²) in [5, 5.41) is 4.07. The van der Waals surface area contributed by atoms with Crippen LogP contribution in [-0.4, -0.2) is 11.9 Å². The van der Waals surface area contributed by atoms with E-state index in [0.717, 1.165) is 35.5 Å². The fourth-order valence-corrected chi connectivity index (χ4v) is 7.08. The van der Waals surface area contributed by atoms with E-state index >= 15 is 0 Å². The maximum atomic E-state index is 13.0. The summed E-state index contributed by atoms with van der Waals surface area (Å²) in [6.45, 7) is 4.43. The SMILES string of the molecule is CC[C@H](NC(=O)c1ccc(COc2ccc(Cl)c(C)c2)o1)C12CC3CC(CC(C3)C1)C2. The van der Waals surface area contributed by atoms with Gasteiger partial charge in [-0.1, -0.05) is 18.5 Å². The monoisotopic (exact) mass is 441 g/mol. The minimum Gasteiger partial charge on any atom is -0.486 e. The minimum absolute atomic E-state index is 0.101. The first-order valence-corrected chi connectivity index (χ1v) is 12.1. The molecule has 1 aromatic heterocycles. The van der Waals surface area contributed by atoms with Gasteiger partial charge in [-0.3, -0.25) is 4.79 Å². The van der Waals surface area contributed by atoms with Crippen molar-refractivity contribution in [3.8, 4) is 5.75 Å². The molecule has 0 radical (unpaired) electrons. The van der Waals surface area contributed by atoms with Gasteiger partial charge in [0.2, 0.25) is 0 Å². The number of hydrogen-bond donors (Lipinski definition) is 1. The summed E-state index contributed by atoms with van der Waals surface area (Å²) in [7, 11) is 0. The van der Waals surface area contributed by atoms with E-state index in [1.54, 1.807) is 6.07 Å². The van der Waals surface area contributed by atoms with E-state index < -0.39 is 0 Å². The van der Waals surface area contributed by atoms with Gasteiger partial charge in [-0.25, -0.2) is 0 Å². The molecule has 1 amide bonds. The highest BCUT2D eigenvalue weighted by Crippen LogP contribution is 2.61. The van der Waals surface area contributed by atoms with Crippen LogP contribution in [-0.2, 0) is 6.61 Å². The zero-order chi connectivity index (χ0) is 21.6. The van der Waals surface area contributed by atoms with Crippen LogP contribution in [0.5, 0.6) is 5.75 Å². The number of ether oxygens (including phenoxy) is 1. The van der Waals surface area contributed by atoms with Gasteiger partial charge < -0.3 is 14.5 Å². The number of rotatable bonds is 7. The van der Waals surface area contributed by atoms with Crippen LogP contribution in [0.25, 0.3) is 0 Å². The largest absolute Gasteiger partial charge is 0.486 e. The molecule has 2 aromatic rings. The molecule has 1 heterocycles. The second kappa shape index (κ2) is 8.20. The first kappa shape index (κ1) is 20.9. The number of carbonyl (C=O) groups excluding carboxylic acids is 1. The molecule has 4 aliphatic rings. The Morgan fingerprint density at radius 1 is 1.16 bits per heavy atom. The molecule has 4 saturated carbocycles. The number of carbonyl (C=O) groups is 1. The van der Waals surface area contributed by atoms with Crippen molar-refractivity contribution >= 4 is 17.5 Å². The first-order chi connectivity index (χ1) is 14.9. The summed E-state index contributed by atoms with van der Waals surface area (Å²) < 4.78 is 11.6. The third-order valence-corrected chi connectivity index (χ3v) is 8.36. The quantitative estimate of drug-likeness (QED) is 0.530. The summed E-state index contributed by atoms with van der Waals surface area (Å²) >= 11 is 6.07. The molecule has 4 aliphatic carbocycles. The van der Waals surface area contributed by atoms with E-state index in [4.69, 9.17) is 20.8 Å². The van der Waals surface area contributed by atoms with Gasteiger partial charge in [0.25, 0.3) is 5.91 Å². The van der Waals surface area contributed by atoms with Gasteiger partial charge in [-0.05, 0) is 111 Å². The van der Waals surface area contributed by atoms with Crippen molar-refractivity contribution in [3.63, 3.8) is 0 Å². The molecule has 1 atom stereocenters. The van der Waals surface area contributed by atoms with Crippen LogP contribution in [0.2, 0.25) is 5.02 Å². The van der Waals surface area contributed by atoms with Crippen LogP contribution in [0, 0.1) is 30.1 Å². The third kappa shape index (κ3) is 4.11. The topological polar surface area (TPSA) is 51.5 Å². The van der Waals surface area contributed by atoms with E-state index in [9.17, 15) is 4.79 Å². The molecule has 0 spiro atoms. The lowest BCUT2D eigenvalue weighted by atomic mass is 9.47. The highest BCUT2D eigenvalue weighted by molar-refractivity contribution is 6.31. The van der Waals surface area contributed by atoms with Crippen molar-refractivity contribution in [2.24, 2.45) is 23.2 Å². The van der Waals surface area contributed by atoms with Crippen molar-refractivity contribution < 1.29 is 13.9 Å². The predicted molar refractivity (Wildman–Crippen MR) is 121 cm³/mol. The fourth-order valence-electron chi connectivity index (χ4n) is 6.96. The van der Waals surface area contributed by atoms with Crippen LogP contribution in [0.3, 0.4) is 0 Å². The zero-order valence-electron chi connectivity index (χ0n) is 18.5. The Hall–Kier alpha value is -1.94. The van der Waals surface area contributed by atoms with Crippen molar-refractivity contribution in [1.29, 1.82) is 0 Å². The summed E-state index contributed by atoms with van der Waals surface area (Å²) in [4.78, 5) is 13.0. The molecule has 4 fully saturated rings. The number of nitrogens with one attached hydrogen (secondary N) is 1. The molecular weight excluding hydrogens is 410 g/mol. The number of amides is 1. The molecule has 1 N–H and O–H groups in total. The molecule has 1 aromatic carbocycles. The van der Waals surface area contributed by atoms with E-state index in [2.05, 4.69) is 12.2 Å². The lowest BCUT2D eigenvalue weighted by Crippen LogP contribution is -2.56. The Kier molecular flexibility index (Phi) is 5.54. The summed E-state index contributed by atoms with van der Waals surface area (Å²) in [5.41, 5.74) is 1.26. The molecule has 166 valence electrons. The summed E-state index contributed by atoms with van der Waals surface area (Å²) in [6.07, 6.45) is 9.08. The van der Waals surface area contributed by atoms with E-state index in [0.29, 0.717) is 22.0 Å². The van der Waals surface area contributed by atoms with Crippen molar-refractivity contribution in [2.75, 3.05) is 0 Å². The van der Waals surface area contributed by atoms with Gasteiger partial charge in [-0.15, -0.1) is 0 Å². The summed E-state index contributed by atoms with van der Waals surface area (Å²) in [6, 6.07) is 9.37. The smallest absolute Gasteiger partial charge is 0.287 e. The number of hydrogen-bond acceptors (Lipinski definition) is 3. The van der Waals surface area contributed by atoms with Gasteiger partial charge in [0.1, 0.15) is 18.1 Å². The van der Waals surface area contributed by atoms with Gasteiger partial charge in [0, 0.05) is 11.1 Å². The molecule has 31 heavy (non-hydrogen) atoms. The molecular formula is C26H32ClNO3. The zero-order valence-corrected chi connectivity index (χ0v) is 19.2. The maximum Gasteiger partial charge on any atom is 0.287 e. The van der Waals surface area contributed by atoms with Gasteiger partial charge in [0.15, 0.2) is 5.76 Å². The minimum atomic E-state index is -0.101. The second-order valence-corrected chi connectivity index (χ2v) is 10.6. The Bertz CT molecular complexity index is 930. The Morgan fingerprint density at radius 3 is 2.45 bits per heavy atom. The number of halogens is 1. The molecule has 5 heteroatoms. The van der Waals surface area contributed by atoms with E-state index in [1.165, 1.54) is 38.5 Å².